The Morgan fingerprint density at radius 3 is 2.05 bits per heavy atom. The molecule has 124 valence electrons. The Hall–Kier alpha value is -1.83. The number of hydrogen-bond acceptors (Lipinski definition) is 4. The van der Waals surface area contributed by atoms with E-state index in [2.05, 4.69) is 5.32 Å². The van der Waals surface area contributed by atoms with Gasteiger partial charge in [-0.3, -0.25) is 4.79 Å². The molecule has 0 aliphatic carbocycles. The first-order valence-corrected chi connectivity index (χ1v) is 7.59. The number of aliphatic carboxylic acids is 1. The van der Waals surface area contributed by atoms with Crippen molar-refractivity contribution < 1.29 is 19.5 Å². The molecular formula is C14H24N4O4. The van der Waals surface area contributed by atoms with Crippen molar-refractivity contribution in [3.8, 4) is 0 Å². The molecule has 2 aliphatic rings. The summed E-state index contributed by atoms with van der Waals surface area (Å²) in [5.41, 5.74) is 0. The standard InChI is InChI=1S/C14H24N4O4/c1-9(2)11(13(20)21)16(3)14(22)18-6-4-17(5-7-18)12(19)10-8-15-10/h9-11,15H,4-8H2,1-3H3,(H,20,21). The second kappa shape index (κ2) is 6.51. The van der Waals surface area contributed by atoms with Gasteiger partial charge in [0, 0.05) is 39.8 Å². The van der Waals surface area contributed by atoms with E-state index in [1.165, 1.54) is 11.9 Å². The van der Waals surface area contributed by atoms with Crippen molar-refractivity contribution in [2.24, 2.45) is 5.92 Å². The molecular weight excluding hydrogens is 288 g/mol. The first kappa shape index (κ1) is 16.5. The van der Waals surface area contributed by atoms with Gasteiger partial charge >= 0.3 is 12.0 Å². The second-order valence-corrected chi connectivity index (χ2v) is 6.19. The number of nitrogens with one attached hydrogen (secondary N) is 1. The quantitative estimate of drug-likeness (QED) is 0.666. The van der Waals surface area contributed by atoms with E-state index in [9.17, 15) is 19.5 Å². The Kier molecular flexibility index (Phi) is 4.90. The highest BCUT2D eigenvalue weighted by Gasteiger charge is 2.36. The fraction of sp³-hybridized carbons (Fsp3) is 0.786. The molecule has 2 N–H and O–H groups in total. The lowest BCUT2D eigenvalue weighted by molar-refractivity contribution is -0.143. The minimum absolute atomic E-state index is 0.0535. The number of piperazine rings is 1. The average Bonchev–Trinajstić information content (AvgIpc) is 3.29. The number of carbonyl (C=O) groups excluding carboxylic acids is 2. The highest BCUT2D eigenvalue weighted by atomic mass is 16.4. The highest BCUT2D eigenvalue weighted by Crippen LogP contribution is 2.14. The van der Waals surface area contributed by atoms with Gasteiger partial charge in [-0.25, -0.2) is 9.59 Å². The van der Waals surface area contributed by atoms with Crippen LogP contribution in [0.25, 0.3) is 0 Å². The van der Waals surface area contributed by atoms with Gasteiger partial charge in [0.15, 0.2) is 0 Å². The summed E-state index contributed by atoms with van der Waals surface area (Å²) in [6.45, 7) is 6.16. The van der Waals surface area contributed by atoms with Crippen LogP contribution in [-0.4, -0.2) is 89.6 Å². The number of urea groups is 1. The van der Waals surface area contributed by atoms with E-state index in [0.717, 1.165) is 6.54 Å². The van der Waals surface area contributed by atoms with Crippen LogP contribution in [0.15, 0.2) is 0 Å². The van der Waals surface area contributed by atoms with Crippen molar-refractivity contribution in [1.29, 1.82) is 0 Å². The van der Waals surface area contributed by atoms with Gasteiger partial charge in [0.2, 0.25) is 5.91 Å². The Morgan fingerprint density at radius 2 is 1.64 bits per heavy atom. The van der Waals surface area contributed by atoms with E-state index in [1.54, 1.807) is 23.6 Å². The summed E-state index contributed by atoms with van der Waals surface area (Å²) >= 11 is 0. The van der Waals surface area contributed by atoms with Gasteiger partial charge < -0.3 is 25.1 Å². The molecule has 2 unspecified atom stereocenters. The molecule has 0 aromatic heterocycles. The van der Waals surface area contributed by atoms with E-state index in [0.29, 0.717) is 26.2 Å². The monoisotopic (exact) mass is 312 g/mol. The van der Waals surface area contributed by atoms with Gasteiger partial charge in [0.05, 0.1) is 6.04 Å². The van der Waals surface area contributed by atoms with Gasteiger partial charge in [-0.2, -0.15) is 0 Å². The highest BCUT2D eigenvalue weighted by molar-refractivity contribution is 5.85. The van der Waals surface area contributed by atoms with Crippen molar-refractivity contribution in [3.63, 3.8) is 0 Å². The van der Waals surface area contributed by atoms with Crippen molar-refractivity contribution in [2.75, 3.05) is 39.8 Å². The molecule has 8 nitrogen and oxygen atoms in total. The van der Waals surface area contributed by atoms with Crippen LogP contribution >= 0.6 is 0 Å². The molecule has 0 radical (unpaired) electrons. The Morgan fingerprint density at radius 1 is 1.14 bits per heavy atom. The van der Waals surface area contributed by atoms with Crippen LogP contribution in [0.4, 0.5) is 4.79 Å². The number of likely N-dealkylation sites (N-methyl/N-ethyl adjacent to an activating group) is 1. The van der Waals surface area contributed by atoms with Gasteiger partial charge in [0.1, 0.15) is 6.04 Å². The van der Waals surface area contributed by atoms with E-state index >= 15 is 0 Å². The summed E-state index contributed by atoms with van der Waals surface area (Å²) in [5.74, 6) is -1.08. The lowest BCUT2D eigenvalue weighted by atomic mass is 10.0. The third kappa shape index (κ3) is 3.49. The van der Waals surface area contributed by atoms with Crippen LogP contribution in [0.2, 0.25) is 0 Å². The summed E-state index contributed by atoms with van der Waals surface area (Å²) in [4.78, 5) is 40.3. The molecule has 22 heavy (non-hydrogen) atoms. The molecule has 0 bridgehead atoms. The number of carbonyl (C=O) groups is 3. The van der Waals surface area contributed by atoms with Gasteiger partial charge in [-0.15, -0.1) is 0 Å². The summed E-state index contributed by atoms with van der Waals surface area (Å²) in [6.07, 6.45) is 0. The van der Waals surface area contributed by atoms with Gasteiger partial charge in [-0.05, 0) is 5.92 Å². The van der Waals surface area contributed by atoms with E-state index in [1.807, 2.05) is 0 Å². The molecule has 0 saturated carbocycles. The SMILES string of the molecule is CC(C)C(C(=O)O)N(C)C(=O)N1CCN(C(=O)C2CN2)CC1. The number of carboxylic acid groups (broad SMARTS) is 1. The largest absolute Gasteiger partial charge is 0.480 e. The lowest BCUT2D eigenvalue weighted by Crippen LogP contribution is -2.57. The van der Waals surface area contributed by atoms with Crippen molar-refractivity contribution >= 4 is 17.9 Å². The maximum atomic E-state index is 12.4. The van der Waals surface area contributed by atoms with Gasteiger partial charge in [-0.1, -0.05) is 13.8 Å². The predicted molar refractivity (Wildman–Crippen MR) is 79.4 cm³/mol. The van der Waals surface area contributed by atoms with Crippen molar-refractivity contribution in [1.82, 2.24) is 20.0 Å². The molecule has 2 aliphatic heterocycles. The number of carboxylic acids is 1. The maximum Gasteiger partial charge on any atom is 0.326 e. The molecule has 2 rings (SSSR count). The number of rotatable bonds is 4. The molecule has 3 amide bonds. The number of hydrogen-bond donors (Lipinski definition) is 2. The topological polar surface area (TPSA) is 103 Å². The van der Waals surface area contributed by atoms with Crippen LogP contribution in [0.1, 0.15) is 13.8 Å². The zero-order valence-electron chi connectivity index (χ0n) is 13.3. The van der Waals surface area contributed by atoms with Crippen LogP contribution in [-0.2, 0) is 9.59 Å². The summed E-state index contributed by atoms with van der Waals surface area (Å²) < 4.78 is 0. The molecule has 2 saturated heterocycles. The Balaban J connectivity index is 1.90. The number of nitrogens with zero attached hydrogens (tertiary/aromatic N) is 3. The second-order valence-electron chi connectivity index (χ2n) is 6.19. The van der Waals surface area contributed by atoms with Crippen LogP contribution in [0, 0.1) is 5.92 Å². The van der Waals surface area contributed by atoms with E-state index in [4.69, 9.17) is 0 Å². The zero-order valence-corrected chi connectivity index (χ0v) is 13.3. The van der Waals surface area contributed by atoms with Crippen LogP contribution < -0.4 is 5.32 Å². The Bertz CT molecular complexity index is 456. The molecule has 0 spiro atoms. The minimum Gasteiger partial charge on any atom is -0.480 e. The van der Waals surface area contributed by atoms with Crippen LogP contribution in [0.5, 0.6) is 0 Å². The molecule has 0 aromatic rings. The van der Waals surface area contributed by atoms with Crippen LogP contribution in [0.3, 0.4) is 0 Å². The average molecular weight is 312 g/mol. The third-order valence-electron chi connectivity index (χ3n) is 4.17. The van der Waals surface area contributed by atoms with Crippen molar-refractivity contribution in [2.45, 2.75) is 25.9 Å². The fourth-order valence-corrected chi connectivity index (χ4v) is 2.81. The van der Waals surface area contributed by atoms with Crippen molar-refractivity contribution in [3.05, 3.63) is 0 Å². The molecule has 0 aromatic carbocycles. The normalized spacial score (nSPS) is 22.5. The zero-order chi connectivity index (χ0) is 16.4. The van der Waals surface area contributed by atoms with E-state index in [-0.39, 0.29) is 23.9 Å². The summed E-state index contributed by atoms with van der Waals surface area (Å²) in [6, 6.07) is -1.19. The summed E-state index contributed by atoms with van der Waals surface area (Å²) in [5, 5.41) is 12.3. The van der Waals surface area contributed by atoms with Gasteiger partial charge in [0.25, 0.3) is 0 Å². The first-order chi connectivity index (χ1) is 10.3. The fourth-order valence-electron chi connectivity index (χ4n) is 2.81. The molecule has 8 heteroatoms. The lowest BCUT2D eigenvalue weighted by Gasteiger charge is -2.38. The maximum absolute atomic E-state index is 12.4. The molecule has 2 heterocycles. The van der Waals surface area contributed by atoms with E-state index < -0.39 is 12.0 Å². The Labute approximate surface area is 130 Å². The molecule has 2 atom stereocenters. The predicted octanol–water partition coefficient (Wildman–Crippen LogP) is -0.737. The minimum atomic E-state index is -1.00. The summed E-state index contributed by atoms with van der Waals surface area (Å²) in [7, 11) is 1.52. The smallest absolute Gasteiger partial charge is 0.326 e. The first-order valence-electron chi connectivity index (χ1n) is 7.59. The molecule has 2 fully saturated rings. The third-order valence-corrected chi connectivity index (χ3v) is 4.17. The number of amides is 3.